The molecule has 5 nitrogen and oxygen atoms in total. The van der Waals surface area contributed by atoms with Gasteiger partial charge in [-0.15, -0.1) is 0 Å². The van der Waals surface area contributed by atoms with Crippen molar-refractivity contribution in [3.05, 3.63) is 6.33 Å². The van der Waals surface area contributed by atoms with Gasteiger partial charge in [-0.3, -0.25) is 0 Å². The number of nitrogens with two attached hydrogens (primary N) is 1. The number of aromatic nitrogens is 4. The summed E-state index contributed by atoms with van der Waals surface area (Å²) in [5, 5.41) is 0.982. The van der Waals surface area contributed by atoms with Gasteiger partial charge >= 0.3 is 122 Å². The van der Waals surface area contributed by atoms with Crippen LogP contribution in [0.5, 0.6) is 0 Å². The van der Waals surface area contributed by atoms with E-state index in [4.69, 9.17) is 5.73 Å². The number of nitrogen functional groups attached to an aromatic ring is 1. The van der Waals surface area contributed by atoms with Crippen LogP contribution >= 0.6 is 8.24 Å². The Kier molecular flexibility index (Phi) is 5.68. The van der Waals surface area contributed by atoms with Crippen molar-refractivity contribution in [2.75, 3.05) is 5.73 Å². The molecular formula is C11H17HgN5S. The molecule has 0 aliphatic heterocycles. The first-order chi connectivity index (χ1) is 8.81. The van der Waals surface area contributed by atoms with Crippen LogP contribution < -0.4 is 5.73 Å². The van der Waals surface area contributed by atoms with E-state index >= 15 is 0 Å². The van der Waals surface area contributed by atoms with Gasteiger partial charge in [-0.05, 0) is 0 Å². The van der Waals surface area contributed by atoms with E-state index in [0.29, 0.717) is 5.95 Å². The van der Waals surface area contributed by atoms with Gasteiger partial charge in [0.25, 0.3) is 0 Å². The van der Waals surface area contributed by atoms with Gasteiger partial charge in [0.05, 0.1) is 0 Å². The van der Waals surface area contributed by atoms with Crippen molar-refractivity contribution in [1.82, 2.24) is 19.9 Å². The van der Waals surface area contributed by atoms with E-state index in [-0.39, 0.29) is 0 Å². The van der Waals surface area contributed by atoms with Crippen LogP contribution in [-0.2, 0) is 23.1 Å². The van der Waals surface area contributed by atoms with Gasteiger partial charge in [0, 0.05) is 0 Å². The fourth-order valence-corrected chi connectivity index (χ4v) is 12.8. The molecule has 0 spiro atoms. The second-order valence-electron chi connectivity index (χ2n) is 4.25. The number of aromatic amines is 1. The molecule has 0 amide bonds. The predicted octanol–water partition coefficient (Wildman–Crippen LogP) is 3.02. The summed E-state index contributed by atoms with van der Waals surface area (Å²) in [6.45, 7) is 2.25. The summed E-state index contributed by atoms with van der Waals surface area (Å²) < 4.78 is 1.43. The number of fused-ring (bicyclic) bond motifs is 1. The summed E-state index contributed by atoms with van der Waals surface area (Å²) in [5.41, 5.74) is 7.33. The SMILES string of the molecule is CCCCC[CH2][Hg][S]c1nc(N)nc2[nH]cnc12. The molecule has 2 aromatic heterocycles. The molecule has 2 aromatic rings. The average Bonchev–Trinajstić information content (AvgIpc) is 2.81. The number of rotatable bonds is 7. The Bertz CT molecular complexity index is 501. The molecule has 7 heteroatoms. The van der Waals surface area contributed by atoms with E-state index in [2.05, 4.69) is 26.9 Å². The number of anilines is 1. The minimum absolute atomic E-state index is 0.341. The molecule has 0 radical (unpaired) electrons. The van der Waals surface area contributed by atoms with E-state index in [0.717, 1.165) is 16.2 Å². The second kappa shape index (κ2) is 7.28. The van der Waals surface area contributed by atoms with Crippen LogP contribution in [0.4, 0.5) is 5.95 Å². The maximum absolute atomic E-state index is 5.70. The second-order valence-corrected chi connectivity index (χ2v) is 16.2. The van der Waals surface area contributed by atoms with Crippen molar-refractivity contribution in [2.45, 2.75) is 41.6 Å². The van der Waals surface area contributed by atoms with E-state index in [9.17, 15) is 0 Å². The molecular weight excluding hydrogens is 435 g/mol. The normalized spacial score (nSPS) is 10.7. The quantitative estimate of drug-likeness (QED) is 0.384. The van der Waals surface area contributed by atoms with Crippen LogP contribution in [0.15, 0.2) is 11.4 Å². The third kappa shape index (κ3) is 3.81. The molecule has 0 aliphatic carbocycles. The number of hydrogen-bond acceptors (Lipinski definition) is 5. The molecule has 94 valence electrons. The van der Waals surface area contributed by atoms with E-state index in [1.54, 1.807) is 6.33 Å². The van der Waals surface area contributed by atoms with Crippen molar-refractivity contribution in [3.63, 3.8) is 0 Å². The van der Waals surface area contributed by atoms with Crippen LogP contribution in [0.3, 0.4) is 0 Å². The van der Waals surface area contributed by atoms with Crippen LogP contribution in [0.2, 0.25) is 3.93 Å². The fourth-order valence-electron chi connectivity index (χ4n) is 1.80. The molecule has 18 heavy (non-hydrogen) atoms. The van der Waals surface area contributed by atoms with Crippen LogP contribution in [0.1, 0.15) is 32.6 Å². The summed E-state index contributed by atoms with van der Waals surface area (Å²) >= 11 is -0.924. The van der Waals surface area contributed by atoms with Gasteiger partial charge in [-0.25, -0.2) is 0 Å². The van der Waals surface area contributed by atoms with Crippen LogP contribution in [-0.4, -0.2) is 19.9 Å². The first kappa shape index (κ1) is 14.1. The third-order valence-electron chi connectivity index (χ3n) is 2.75. The molecule has 0 unspecified atom stereocenters. The molecule has 0 atom stereocenters. The van der Waals surface area contributed by atoms with Gasteiger partial charge in [-0.2, -0.15) is 0 Å². The summed E-state index contributed by atoms with van der Waals surface area (Å²) in [4.78, 5) is 15.7. The number of hydrogen-bond donors (Lipinski definition) is 2. The van der Waals surface area contributed by atoms with Gasteiger partial charge in [0.1, 0.15) is 0 Å². The topological polar surface area (TPSA) is 80.5 Å². The molecule has 0 bridgehead atoms. The average molecular weight is 452 g/mol. The van der Waals surface area contributed by atoms with Crippen LogP contribution in [0, 0.1) is 0 Å². The number of unbranched alkanes of at least 4 members (excludes halogenated alkanes) is 3. The van der Waals surface area contributed by atoms with E-state index < -0.39 is 23.1 Å². The van der Waals surface area contributed by atoms with Crippen molar-refractivity contribution in [3.8, 4) is 0 Å². The van der Waals surface area contributed by atoms with Crippen molar-refractivity contribution < 1.29 is 23.1 Å². The Hall–Kier alpha value is -0.365. The first-order valence-electron chi connectivity index (χ1n) is 6.40. The molecule has 0 aliphatic rings. The van der Waals surface area contributed by atoms with Crippen molar-refractivity contribution >= 4 is 25.4 Å². The standard InChI is InChI=1S/C6H13.C5H5N5S.Hg/c1-3-5-6-4-2;6-5-9-3-2(4(11)10-5)7-1-8-3;/h1,3-6H2,2H3;1H,(H4,6,7,8,9,10,11);/q;;+1/p-1. The zero-order valence-electron chi connectivity index (χ0n) is 10.6. The minimum atomic E-state index is -0.924. The first-order valence-corrected chi connectivity index (χ1v) is 18.0. The van der Waals surface area contributed by atoms with Gasteiger partial charge in [-0.1, -0.05) is 0 Å². The molecule has 0 saturated heterocycles. The maximum atomic E-state index is 5.70. The summed E-state index contributed by atoms with van der Waals surface area (Å²) in [7, 11) is 1.94. The van der Waals surface area contributed by atoms with Crippen molar-refractivity contribution in [1.29, 1.82) is 0 Å². The predicted molar refractivity (Wildman–Crippen MR) is 70.9 cm³/mol. The van der Waals surface area contributed by atoms with Crippen molar-refractivity contribution in [2.24, 2.45) is 0 Å². The Morgan fingerprint density at radius 2 is 2.22 bits per heavy atom. The summed E-state index contributed by atoms with van der Waals surface area (Å²) in [5.74, 6) is 0.341. The molecule has 3 N–H and O–H groups in total. The Morgan fingerprint density at radius 1 is 1.33 bits per heavy atom. The number of imidazole rings is 1. The fraction of sp³-hybridized carbons (Fsp3) is 0.545. The summed E-state index contributed by atoms with van der Waals surface area (Å²) in [6, 6.07) is 0. The number of nitrogens with one attached hydrogen (secondary N) is 1. The molecule has 2 rings (SSSR count). The van der Waals surface area contributed by atoms with Gasteiger partial charge < -0.3 is 0 Å². The molecule has 0 fully saturated rings. The number of H-pyrrole nitrogens is 1. The molecule has 0 aromatic carbocycles. The molecule has 0 saturated carbocycles. The van der Waals surface area contributed by atoms with E-state index in [1.807, 2.05) is 8.24 Å². The molecule has 2 heterocycles. The van der Waals surface area contributed by atoms with Crippen LogP contribution in [0.25, 0.3) is 11.2 Å². The Labute approximate surface area is 121 Å². The number of nitrogens with zero attached hydrogens (tertiary/aromatic N) is 3. The van der Waals surface area contributed by atoms with Gasteiger partial charge in [0.2, 0.25) is 0 Å². The summed E-state index contributed by atoms with van der Waals surface area (Å²) in [6.07, 6.45) is 7.08. The van der Waals surface area contributed by atoms with E-state index in [1.165, 1.54) is 29.6 Å². The monoisotopic (exact) mass is 453 g/mol. The van der Waals surface area contributed by atoms with Gasteiger partial charge in [0.15, 0.2) is 0 Å². The zero-order chi connectivity index (χ0) is 12.8. The Morgan fingerprint density at radius 3 is 3.06 bits per heavy atom. The zero-order valence-corrected chi connectivity index (χ0v) is 17.0. The Balaban J connectivity index is 1.89. The third-order valence-corrected chi connectivity index (χ3v) is 14.7.